The highest BCUT2D eigenvalue weighted by molar-refractivity contribution is 6.07. The Morgan fingerprint density at radius 3 is 2.48 bits per heavy atom. The summed E-state index contributed by atoms with van der Waals surface area (Å²) in [7, 11) is 2.21. The number of rotatable bonds is 3. The van der Waals surface area contributed by atoms with Crippen LogP contribution in [0.4, 0.5) is 0 Å². The van der Waals surface area contributed by atoms with Gasteiger partial charge in [0.1, 0.15) is 0 Å². The van der Waals surface area contributed by atoms with Crippen molar-refractivity contribution in [1.82, 2.24) is 25.0 Å². The van der Waals surface area contributed by atoms with Crippen molar-refractivity contribution in [3.8, 4) is 11.3 Å². The molecule has 6 rings (SSSR count). The highest BCUT2D eigenvalue weighted by Crippen LogP contribution is 2.37. The van der Waals surface area contributed by atoms with E-state index in [1.807, 2.05) is 6.20 Å². The summed E-state index contributed by atoms with van der Waals surface area (Å²) in [6, 6.07) is 13.4. The Bertz CT molecular complexity index is 1230. The third-order valence-corrected chi connectivity index (χ3v) is 7.12. The molecule has 3 heterocycles. The molecule has 2 aliphatic rings. The van der Waals surface area contributed by atoms with Gasteiger partial charge in [-0.05, 0) is 61.6 Å². The predicted octanol–water partition coefficient (Wildman–Crippen LogP) is 4.40. The van der Waals surface area contributed by atoms with Gasteiger partial charge in [0.05, 0.1) is 22.9 Å². The first-order chi connectivity index (χ1) is 15.3. The van der Waals surface area contributed by atoms with Gasteiger partial charge in [-0.15, -0.1) is 0 Å². The van der Waals surface area contributed by atoms with E-state index in [1.54, 1.807) is 0 Å². The number of H-pyrrole nitrogens is 1. The molecule has 0 radical (unpaired) electrons. The number of pyridine rings is 1. The lowest BCUT2D eigenvalue weighted by Crippen LogP contribution is -2.43. The molecule has 1 N–H and O–H groups in total. The average Bonchev–Trinajstić information content (AvgIpc) is 3.29. The van der Waals surface area contributed by atoms with Gasteiger partial charge in [-0.3, -0.25) is 10.00 Å². The number of benzene rings is 2. The van der Waals surface area contributed by atoms with Gasteiger partial charge in [-0.25, -0.2) is 4.98 Å². The monoisotopic (exact) mass is 411 g/mol. The number of aromatic nitrogens is 3. The quantitative estimate of drug-likeness (QED) is 0.543. The average molecular weight is 412 g/mol. The maximum atomic E-state index is 5.18. The van der Waals surface area contributed by atoms with E-state index >= 15 is 0 Å². The molecule has 0 spiro atoms. The molecule has 4 aromatic rings. The maximum absolute atomic E-state index is 5.18. The van der Waals surface area contributed by atoms with Crippen molar-refractivity contribution in [2.45, 2.75) is 32.2 Å². The molecule has 0 atom stereocenters. The van der Waals surface area contributed by atoms with Crippen LogP contribution in [0, 0.1) is 0 Å². The fraction of sp³-hybridized carbons (Fsp3) is 0.385. The lowest BCUT2D eigenvalue weighted by molar-refractivity contribution is 0.148. The zero-order valence-corrected chi connectivity index (χ0v) is 18.2. The molecule has 0 bridgehead atoms. The van der Waals surface area contributed by atoms with Crippen LogP contribution >= 0.6 is 0 Å². The van der Waals surface area contributed by atoms with Gasteiger partial charge in [0.25, 0.3) is 0 Å². The van der Waals surface area contributed by atoms with Crippen LogP contribution in [-0.2, 0) is 19.4 Å². The molecular formula is C26H29N5. The summed E-state index contributed by atoms with van der Waals surface area (Å²) in [6.45, 7) is 5.67. The van der Waals surface area contributed by atoms with E-state index in [0.717, 1.165) is 56.6 Å². The Morgan fingerprint density at radius 2 is 1.68 bits per heavy atom. The first-order valence-electron chi connectivity index (χ1n) is 11.5. The molecule has 5 nitrogen and oxygen atoms in total. The molecule has 1 fully saturated rings. The second-order valence-corrected chi connectivity index (χ2v) is 9.19. The Morgan fingerprint density at radius 1 is 0.903 bits per heavy atom. The fourth-order valence-corrected chi connectivity index (χ4v) is 5.32. The Balaban J connectivity index is 1.38. The minimum absolute atomic E-state index is 1.04. The molecule has 1 aliphatic heterocycles. The van der Waals surface area contributed by atoms with Crippen molar-refractivity contribution < 1.29 is 0 Å². The zero-order chi connectivity index (χ0) is 20.8. The summed E-state index contributed by atoms with van der Waals surface area (Å²) < 4.78 is 0. The molecule has 0 saturated carbocycles. The summed E-state index contributed by atoms with van der Waals surface area (Å²) in [5, 5.41) is 9.91. The molecule has 2 aromatic heterocycles. The highest BCUT2D eigenvalue weighted by Gasteiger charge is 2.21. The van der Waals surface area contributed by atoms with Crippen LogP contribution in [0.3, 0.4) is 0 Å². The maximum Gasteiger partial charge on any atom is 0.0744 e. The van der Waals surface area contributed by atoms with E-state index in [9.17, 15) is 0 Å². The number of hydrogen-bond donors (Lipinski definition) is 1. The van der Waals surface area contributed by atoms with Gasteiger partial charge in [0.2, 0.25) is 0 Å². The van der Waals surface area contributed by atoms with Crippen LogP contribution in [0.2, 0.25) is 0 Å². The molecule has 158 valence electrons. The summed E-state index contributed by atoms with van der Waals surface area (Å²) in [5.41, 5.74) is 8.93. The van der Waals surface area contributed by atoms with Crippen molar-refractivity contribution in [2.24, 2.45) is 0 Å². The molecule has 2 aromatic carbocycles. The number of aryl methyl sites for hydroxylation is 1. The van der Waals surface area contributed by atoms with E-state index in [0.29, 0.717) is 0 Å². The first kappa shape index (κ1) is 19.0. The molecule has 5 heteroatoms. The predicted molar refractivity (Wildman–Crippen MR) is 126 cm³/mol. The van der Waals surface area contributed by atoms with Crippen molar-refractivity contribution in [2.75, 3.05) is 33.2 Å². The first-order valence-corrected chi connectivity index (χ1v) is 11.5. The second kappa shape index (κ2) is 7.74. The lowest BCUT2D eigenvalue weighted by atomic mass is 9.85. The molecular weight excluding hydrogens is 382 g/mol. The minimum Gasteiger partial charge on any atom is -0.304 e. The molecule has 0 unspecified atom stereocenters. The zero-order valence-electron chi connectivity index (χ0n) is 18.2. The lowest BCUT2D eigenvalue weighted by Gasteiger charge is -2.32. The molecule has 31 heavy (non-hydrogen) atoms. The van der Waals surface area contributed by atoms with Crippen molar-refractivity contribution in [3.63, 3.8) is 0 Å². The van der Waals surface area contributed by atoms with E-state index in [4.69, 9.17) is 4.98 Å². The van der Waals surface area contributed by atoms with Gasteiger partial charge in [-0.2, -0.15) is 5.10 Å². The fourth-order valence-electron chi connectivity index (χ4n) is 5.32. The van der Waals surface area contributed by atoms with E-state index in [-0.39, 0.29) is 0 Å². The largest absolute Gasteiger partial charge is 0.304 e. The number of hydrogen-bond acceptors (Lipinski definition) is 4. The number of nitrogens with zero attached hydrogens (tertiary/aromatic N) is 4. The number of aromatic amines is 1. The number of likely N-dealkylation sites (N-methyl/N-ethyl adjacent to an activating group) is 1. The Hall–Kier alpha value is -2.76. The van der Waals surface area contributed by atoms with E-state index in [1.165, 1.54) is 51.6 Å². The van der Waals surface area contributed by atoms with E-state index < -0.39 is 0 Å². The number of fused-ring (bicyclic) bond motifs is 5. The van der Waals surface area contributed by atoms with Crippen LogP contribution in [0.5, 0.6) is 0 Å². The van der Waals surface area contributed by atoms with Crippen molar-refractivity contribution in [3.05, 3.63) is 59.3 Å². The number of piperazine rings is 1. The van der Waals surface area contributed by atoms with Gasteiger partial charge in [-0.1, -0.05) is 24.3 Å². The normalized spacial score (nSPS) is 18.0. The van der Waals surface area contributed by atoms with Crippen molar-refractivity contribution >= 4 is 21.8 Å². The van der Waals surface area contributed by atoms with Gasteiger partial charge >= 0.3 is 0 Å². The third kappa shape index (κ3) is 3.42. The van der Waals surface area contributed by atoms with Crippen LogP contribution in [-0.4, -0.2) is 58.2 Å². The molecule has 0 amide bonds. The van der Waals surface area contributed by atoms with E-state index in [2.05, 4.69) is 63.4 Å². The SMILES string of the molecule is CN1CCN(Cc2ccc(-c3nc4ccc5[nH]ncc5c4c4c3CCCC4)cc2)CC1. The number of nitrogens with one attached hydrogen (secondary N) is 1. The topological polar surface area (TPSA) is 48.0 Å². The Kier molecular flexibility index (Phi) is 4.73. The summed E-state index contributed by atoms with van der Waals surface area (Å²) in [6.07, 6.45) is 6.71. The summed E-state index contributed by atoms with van der Waals surface area (Å²) in [5.74, 6) is 0. The van der Waals surface area contributed by atoms with Gasteiger partial charge < -0.3 is 4.90 Å². The van der Waals surface area contributed by atoms with Gasteiger partial charge in [0, 0.05) is 49.1 Å². The summed E-state index contributed by atoms with van der Waals surface area (Å²) in [4.78, 5) is 10.1. The smallest absolute Gasteiger partial charge is 0.0744 e. The minimum atomic E-state index is 1.04. The summed E-state index contributed by atoms with van der Waals surface area (Å²) >= 11 is 0. The van der Waals surface area contributed by atoms with Crippen LogP contribution in [0.1, 0.15) is 29.5 Å². The Labute approximate surface area is 183 Å². The van der Waals surface area contributed by atoms with Gasteiger partial charge in [0.15, 0.2) is 0 Å². The standard InChI is InChI=1S/C26H29N5/c1-30-12-14-31(15-13-30)17-18-6-8-19(9-7-18)26-21-5-3-2-4-20(21)25-22-16-27-29-23(22)10-11-24(25)28-26/h6-11,16H,2-5,12-15,17H2,1H3,(H,27,29). The van der Waals surface area contributed by atoms with Crippen LogP contribution in [0.25, 0.3) is 33.1 Å². The molecule has 1 saturated heterocycles. The highest BCUT2D eigenvalue weighted by atomic mass is 15.2. The van der Waals surface area contributed by atoms with Crippen molar-refractivity contribution in [1.29, 1.82) is 0 Å². The third-order valence-electron chi connectivity index (χ3n) is 7.12. The molecule has 1 aliphatic carbocycles. The van der Waals surface area contributed by atoms with Crippen LogP contribution < -0.4 is 0 Å². The second-order valence-electron chi connectivity index (χ2n) is 9.19. The van der Waals surface area contributed by atoms with Crippen LogP contribution in [0.15, 0.2) is 42.6 Å².